The highest BCUT2D eigenvalue weighted by Gasteiger charge is 2.35. The topological polar surface area (TPSA) is 136 Å². The second kappa shape index (κ2) is 12.4. The van der Waals surface area contributed by atoms with E-state index in [4.69, 9.17) is 9.47 Å². The van der Waals surface area contributed by atoms with Crippen molar-refractivity contribution in [3.05, 3.63) is 35.9 Å². The second-order valence-corrected chi connectivity index (χ2v) is 9.65. The minimum Gasteiger partial charge on any atom is -0.480 e. The van der Waals surface area contributed by atoms with Gasteiger partial charge in [-0.1, -0.05) is 43.8 Å². The molecule has 0 aromatic heterocycles. The largest absolute Gasteiger partial charge is 0.480 e. The monoisotopic (exact) mass is 471 g/mol. The zero-order chi connectivity index (χ0) is 23.6. The Bertz CT molecular complexity index is 811. The lowest BCUT2D eigenvalue weighted by Gasteiger charge is -2.24. The summed E-state index contributed by atoms with van der Waals surface area (Å²) in [6, 6.07) is 6.82. The number of nitrogens with one attached hydrogen (secondary N) is 1. The van der Waals surface area contributed by atoms with Gasteiger partial charge in [-0.3, -0.25) is 9.59 Å². The first-order chi connectivity index (χ1) is 14.4. The molecule has 1 rings (SSSR count). The molecule has 0 unspecified atom stereocenters. The Morgan fingerprint density at radius 3 is 2.23 bits per heavy atom. The van der Waals surface area contributed by atoms with Crippen LogP contribution in [-0.4, -0.2) is 56.7 Å². The maximum atomic E-state index is 12.5. The summed E-state index contributed by atoms with van der Waals surface area (Å²) >= 11 is 1.33. The van der Waals surface area contributed by atoms with Crippen LogP contribution in [0.15, 0.2) is 30.3 Å². The first-order valence-corrected chi connectivity index (χ1v) is 11.0. The summed E-state index contributed by atoms with van der Waals surface area (Å²) in [5.41, 5.74) is 0.291. The average molecular weight is 472 g/mol. The molecule has 0 saturated heterocycles. The number of carboxylic acid groups (broad SMARTS) is 1. The molecule has 0 bridgehead atoms. The van der Waals surface area contributed by atoms with E-state index in [9.17, 15) is 29.1 Å². The Morgan fingerprint density at radius 2 is 1.68 bits per heavy atom. The third-order valence-corrected chi connectivity index (χ3v) is 5.96. The molecule has 0 spiro atoms. The number of hydrogen-bond donors (Lipinski definition) is 2. The van der Waals surface area contributed by atoms with Crippen molar-refractivity contribution >= 4 is 51.8 Å². The third kappa shape index (κ3) is 9.43. The number of thioether (sulfide) groups is 2. The van der Waals surface area contributed by atoms with Crippen LogP contribution in [-0.2, 0) is 23.9 Å². The van der Waals surface area contributed by atoms with Crippen LogP contribution < -0.4 is 5.32 Å². The van der Waals surface area contributed by atoms with Gasteiger partial charge >= 0.3 is 17.2 Å². The SMILES string of the molecule is CC(C)C(=O)SC[C@H](NC(=O)C(C)(C)SC(=O)OCOC(=O)c1ccccc1)C(=O)O. The lowest BCUT2D eigenvalue weighted by atomic mass is 10.2. The first kappa shape index (κ1) is 26.5. The van der Waals surface area contributed by atoms with Crippen LogP contribution in [0.4, 0.5) is 4.79 Å². The van der Waals surface area contributed by atoms with Gasteiger partial charge in [0.05, 0.1) is 10.3 Å². The van der Waals surface area contributed by atoms with Crippen molar-refractivity contribution in [3.8, 4) is 0 Å². The van der Waals surface area contributed by atoms with Crippen molar-refractivity contribution in [3.63, 3.8) is 0 Å². The summed E-state index contributed by atoms with van der Waals surface area (Å²) in [6.07, 6.45) is 0. The molecular weight excluding hydrogens is 446 g/mol. The zero-order valence-electron chi connectivity index (χ0n) is 17.6. The molecule has 0 radical (unpaired) electrons. The molecule has 1 atom stereocenters. The third-order valence-electron chi connectivity index (χ3n) is 3.73. The number of aliphatic carboxylic acids is 1. The second-order valence-electron chi connectivity index (χ2n) is 7.07. The number of hydrogen-bond acceptors (Lipinski definition) is 9. The van der Waals surface area contributed by atoms with Gasteiger partial charge < -0.3 is 19.9 Å². The predicted molar refractivity (Wildman–Crippen MR) is 117 cm³/mol. The Hall–Kier alpha value is -2.53. The van der Waals surface area contributed by atoms with E-state index in [0.717, 1.165) is 11.8 Å². The molecule has 0 aliphatic heterocycles. The lowest BCUT2D eigenvalue weighted by Crippen LogP contribution is -2.50. The molecule has 0 fully saturated rings. The van der Waals surface area contributed by atoms with Gasteiger partial charge in [0.25, 0.3) is 0 Å². The summed E-state index contributed by atoms with van der Waals surface area (Å²) in [5, 5.41) is 10.6. The maximum Gasteiger partial charge on any atom is 0.371 e. The molecule has 170 valence electrons. The van der Waals surface area contributed by atoms with Crippen molar-refractivity contribution in [2.45, 2.75) is 38.5 Å². The standard InChI is InChI=1S/C20H25NO8S2/c1-12(2)17(25)30-10-14(15(22)23)21-18(26)20(3,4)31-19(27)29-11-28-16(24)13-8-6-5-7-9-13/h5-9,12,14H,10-11H2,1-4H3,(H,21,26)(H,22,23)/t14-/m0/s1. The number of rotatable bonds is 10. The van der Waals surface area contributed by atoms with Gasteiger partial charge in [-0.05, 0) is 37.7 Å². The van der Waals surface area contributed by atoms with Gasteiger partial charge in [0.2, 0.25) is 12.7 Å². The number of carbonyl (C=O) groups is 5. The number of benzene rings is 1. The van der Waals surface area contributed by atoms with Crippen molar-refractivity contribution in [2.75, 3.05) is 12.5 Å². The minimum atomic E-state index is -1.37. The highest BCUT2D eigenvalue weighted by Crippen LogP contribution is 2.27. The van der Waals surface area contributed by atoms with Gasteiger partial charge in [0.15, 0.2) is 5.12 Å². The van der Waals surface area contributed by atoms with Gasteiger partial charge in [-0.2, -0.15) is 0 Å². The van der Waals surface area contributed by atoms with E-state index < -0.39 is 40.7 Å². The van der Waals surface area contributed by atoms with E-state index in [1.165, 1.54) is 26.0 Å². The van der Waals surface area contributed by atoms with E-state index in [2.05, 4.69) is 5.32 Å². The summed E-state index contributed by atoms with van der Waals surface area (Å²) in [7, 11) is 0. The van der Waals surface area contributed by atoms with Crippen LogP contribution in [0, 0.1) is 5.92 Å². The summed E-state index contributed by atoms with van der Waals surface area (Å²) in [6.45, 7) is 5.56. The summed E-state index contributed by atoms with van der Waals surface area (Å²) in [4.78, 5) is 59.4. The van der Waals surface area contributed by atoms with Gasteiger partial charge in [0, 0.05) is 11.7 Å². The number of esters is 1. The van der Waals surface area contributed by atoms with Crippen LogP contribution >= 0.6 is 23.5 Å². The molecule has 11 heteroatoms. The fourth-order valence-corrected chi connectivity index (χ4v) is 3.48. The summed E-state index contributed by atoms with van der Waals surface area (Å²) in [5.74, 6) is -3.10. The van der Waals surface area contributed by atoms with E-state index in [1.54, 1.807) is 32.0 Å². The van der Waals surface area contributed by atoms with E-state index >= 15 is 0 Å². The van der Waals surface area contributed by atoms with E-state index in [0.29, 0.717) is 17.3 Å². The van der Waals surface area contributed by atoms with Crippen molar-refractivity contribution in [2.24, 2.45) is 5.92 Å². The molecule has 1 aromatic rings. The fourth-order valence-electron chi connectivity index (χ4n) is 1.91. The molecule has 31 heavy (non-hydrogen) atoms. The van der Waals surface area contributed by atoms with Gasteiger partial charge in [-0.25, -0.2) is 14.4 Å². The van der Waals surface area contributed by atoms with Gasteiger partial charge in [0.1, 0.15) is 6.04 Å². The molecule has 1 amide bonds. The Morgan fingerprint density at radius 1 is 1.06 bits per heavy atom. The Labute approximate surface area is 188 Å². The average Bonchev–Trinajstić information content (AvgIpc) is 2.70. The maximum absolute atomic E-state index is 12.5. The number of carboxylic acids is 1. The number of ether oxygens (including phenoxy) is 2. The molecule has 2 N–H and O–H groups in total. The highest BCUT2D eigenvalue weighted by molar-refractivity contribution is 8.15. The molecule has 9 nitrogen and oxygen atoms in total. The van der Waals surface area contributed by atoms with E-state index in [-0.39, 0.29) is 16.8 Å². The van der Waals surface area contributed by atoms with Crippen LogP contribution in [0.2, 0.25) is 0 Å². The van der Waals surface area contributed by atoms with Crippen LogP contribution in [0.1, 0.15) is 38.1 Å². The highest BCUT2D eigenvalue weighted by atomic mass is 32.2. The molecule has 1 aromatic carbocycles. The zero-order valence-corrected chi connectivity index (χ0v) is 19.2. The number of carbonyl (C=O) groups excluding carboxylic acids is 4. The van der Waals surface area contributed by atoms with E-state index in [1.807, 2.05) is 0 Å². The molecule has 0 saturated carbocycles. The molecule has 0 aliphatic rings. The van der Waals surface area contributed by atoms with Crippen LogP contribution in [0.3, 0.4) is 0 Å². The van der Waals surface area contributed by atoms with Crippen molar-refractivity contribution in [1.29, 1.82) is 0 Å². The van der Waals surface area contributed by atoms with Crippen LogP contribution in [0.5, 0.6) is 0 Å². The van der Waals surface area contributed by atoms with Crippen molar-refractivity contribution in [1.82, 2.24) is 5.32 Å². The minimum absolute atomic E-state index is 0.140. The normalized spacial score (nSPS) is 12.0. The fraction of sp³-hybridized carbons (Fsp3) is 0.450. The molecular formula is C20H25NO8S2. The predicted octanol–water partition coefficient (Wildman–Crippen LogP) is 2.93. The van der Waals surface area contributed by atoms with Crippen molar-refractivity contribution < 1.29 is 38.6 Å². The number of amides is 1. The lowest BCUT2D eigenvalue weighted by molar-refractivity contribution is -0.141. The van der Waals surface area contributed by atoms with Gasteiger partial charge in [-0.15, -0.1) is 0 Å². The Balaban J connectivity index is 2.53. The summed E-state index contributed by atoms with van der Waals surface area (Å²) < 4.78 is 8.27. The Kier molecular flexibility index (Phi) is 10.6. The molecule has 0 aliphatic carbocycles. The smallest absolute Gasteiger partial charge is 0.371 e. The van der Waals surface area contributed by atoms with Crippen LogP contribution in [0.25, 0.3) is 0 Å². The molecule has 0 heterocycles. The quantitative estimate of drug-likeness (QED) is 0.387. The first-order valence-electron chi connectivity index (χ1n) is 9.22.